The van der Waals surface area contributed by atoms with Crippen molar-refractivity contribution in [2.24, 2.45) is 5.73 Å². The summed E-state index contributed by atoms with van der Waals surface area (Å²) >= 11 is 0. The maximum absolute atomic E-state index is 5.38. The topological polar surface area (TPSA) is 26.0 Å². The highest BCUT2D eigenvalue weighted by molar-refractivity contribution is 5.23. The van der Waals surface area contributed by atoms with E-state index in [0.717, 1.165) is 5.57 Å². The lowest BCUT2D eigenvalue weighted by molar-refractivity contribution is 1.19. The highest BCUT2D eigenvalue weighted by Gasteiger charge is 1.80. The molecule has 0 aliphatic heterocycles. The second-order valence-electron chi connectivity index (χ2n) is 1.68. The quantitative estimate of drug-likeness (QED) is 0.567. The van der Waals surface area contributed by atoms with Gasteiger partial charge in [-0.1, -0.05) is 30.9 Å². The van der Waals surface area contributed by atoms with Crippen LogP contribution in [0.5, 0.6) is 0 Å². The first kappa shape index (κ1) is 8.18. The molecule has 0 saturated heterocycles. The van der Waals surface area contributed by atoms with E-state index >= 15 is 0 Å². The molecule has 1 nitrogen and oxygen atoms in total. The lowest BCUT2D eigenvalue weighted by Crippen LogP contribution is -1.99. The molecule has 0 aliphatic rings. The Hall–Kier alpha value is -0.820. The molecule has 0 spiro atoms. The number of nitrogens with two attached hydrogens (primary N) is 1. The predicted octanol–water partition coefficient (Wildman–Crippen LogP) is 1.63. The summed E-state index contributed by atoms with van der Waals surface area (Å²) in [5.41, 5.74) is 6.48. The maximum Gasteiger partial charge on any atom is 0.0177 e. The molecule has 0 amide bonds. The van der Waals surface area contributed by atoms with Crippen molar-refractivity contribution >= 4 is 0 Å². The van der Waals surface area contributed by atoms with Crippen molar-refractivity contribution in [3.63, 3.8) is 0 Å². The van der Waals surface area contributed by atoms with Gasteiger partial charge in [0.15, 0.2) is 0 Å². The number of allylic oxidation sites excluding steroid dienone is 3. The van der Waals surface area contributed by atoms with E-state index in [4.69, 9.17) is 5.73 Å². The molecule has 0 rings (SSSR count). The van der Waals surface area contributed by atoms with Crippen molar-refractivity contribution in [1.82, 2.24) is 0 Å². The normalized spacial score (nSPS) is 12.4. The minimum atomic E-state index is 0.580. The Labute approximate surface area is 56.6 Å². The Bertz CT molecular complexity index is 132. The van der Waals surface area contributed by atoms with Gasteiger partial charge in [-0.3, -0.25) is 0 Å². The van der Waals surface area contributed by atoms with Gasteiger partial charge in [-0.15, -0.1) is 0 Å². The Morgan fingerprint density at radius 3 is 2.67 bits per heavy atom. The van der Waals surface area contributed by atoms with Gasteiger partial charge in [0.1, 0.15) is 0 Å². The van der Waals surface area contributed by atoms with Gasteiger partial charge in [0.05, 0.1) is 0 Å². The van der Waals surface area contributed by atoms with E-state index in [-0.39, 0.29) is 0 Å². The number of hydrogen-bond donors (Lipinski definition) is 1. The molecule has 1 heteroatoms. The standard InChI is InChI=1S/C8H13N/c1-3-5-8(7-9)6-4-2/h3-6H,1,7,9H2,2H3. The zero-order chi connectivity index (χ0) is 7.11. The first-order valence-corrected chi connectivity index (χ1v) is 2.99. The molecule has 0 aromatic heterocycles. The Kier molecular flexibility index (Phi) is 4.83. The fourth-order valence-electron chi connectivity index (χ4n) is 0.557. The average molecular weight is 123 g/mol. The molecule has 0 atom stereocenters. The minimum absolute atomic E-state index is 0.580. The molecule has 50 valence electrons. The van der Waals surface area contributed by atoms with E-state index in [9.17, 15) is 0 Å². The van der Waals surface area contributed by atoms with E-state index in [2.05, 4.69) is 6.58 Å². The molecule has 0 aromatic carbocycles. The SMILES string of the molecule is C=CC=C(C=CC)CN. The van der Waals surface area contributed by atoms with Crippen LogP contribution in [0.2, 0.25) is 0 Å². The summed E-state index contributed by atoms with van der Waals surface area (Å²) < 4.78 is 0. The third-order valence-corrected chi connectivity index (χ3v) is 0.948. The van der Waals surface area contributed by atoms with Crippen LogP contribution < -0.4 is 5.73 Å². The van der Waals surface area contributed by atoms with Crippen molar-refractivity contribution in [3.05, 3.63) is 36.5 Å². The van der Waals surface area contributed by atoms with Crippen molar-refractivity contribution < 1.29 is 0 Å². The molecule has 0 aromatic rings. The van der Waals surface area contributed by atoms with Crippen molar-refractivity contribution in [2.45, 2.75) is 6.92 Å². The van der Waals surface area contributed by atoms with Crippen molar-refractivity contribution in [3.8, 4) is 0 Å². The minimum Gasteiger partial charge on any atom is -0.326 e. The van der Waals surface area contributed by atoms with E-state index in [1.807, 2.05) is 25.2 Å². The van der Waals surface area contributed by atoms with Crippen LogP contribution in [0.25, 0.3) is 0 Å². The van der Waals surface area contributed by atoms with E-state index in [1.54, 1.807) is 6.08 Å². The summed E-state index contributed by atoms with van der Waals surface area (Å²) in [5, 5.41) is 0. The van der Waals surface area contributed by atoms with E-state index in [1.165, 1.54) is 0 Å². The summed E-state index contributed by atoms with van der Waals surface area (Å²) in [6.45, 7) is 6.11. The molecule has 0 fully saturated rings. The van der Waals surface area contributed by atoms with Gasteiger partial charge in [0.2, 0.25) is 0 Å². The Morgan fingerprint density at radius 2 is 2.33 bits per heavy atom. The Balaban J connectivity index is 3.96. The van der Waals surface area contributed by atoms with Gasteiger partial charge in [-0.05, 0) is 12.5 Å². The van der Waals surface area contributed by atoms with Gasteiger partial charge in [0.25, 0.3) is 0 Å². The van der Waals surface area contributed by atoms with Crippen LogP contribution in [0.15, 0.2) is 36.5 Å². The van der Waals surface area contributed by atoms with Crippen LogP contribution in [0.4, 0.5) is 0 Å². The molecule has 0 heterocycles. The van der Waals surface area contributed by atoms with Gasteiger partial charge < -0.3 is 5.73 Å². The fourth-order valence-corrected chi connectivity index (χ4v) is 0.557. The zero-order valence-electron chi connectivity index (χ0n) is 5.80. The number of hydrogen-bond acceptors (Lipinski definition) is 1. The van der Waals surface area contributed by atoms with Crippen LogP contribution in [0.1, 0.15) is 6.92 Å². The molecule has 0 bridgehead atoms. The van der Waals surface area contributed by atoms with Crippen molar-refractivity contribution in [2.75, 3.05) is 6.54 Å². The van der Waals surface area contributed by atoms with Gasteiger partial charge >= 0.3 is 0 Å². The molecule has 0 unspecified atom stereocenters. The summed E-state index contributed by atoms with van der Waals surface area (Å²) in [5.74, 6) is 0. The second kappa shape index (κ2) is 5.32. The van der Waals surface area contributed by atoms with E-state index in [0.29, 0.717) is 6.54 Å². The predicted molar refractivity (Wildman–Crippen MR) is 42.1 cm³/mol. The summed E-state index contributed by atoms with van der Waals surface area (Å²) in [6, 6.07) is 0. The highest BCUT2D eigenvalue weighted by Crippen LogP contribution is 1.92. The molecular formula is C8H13N. The lowest BCUT2D eigenvalue weighted by Gasteiger charge is -1.91. The van der Waals surface area contributed by atoms with Crippen molar-refractivity contribution in [1.29, 1.82) is 0 Å². The zero-order valence-corrected chi connectivity index (χ0v) is 5.80. The van der Waals surface area contributed by atoms with Gasteiger partial charge in [-0.2, -0.15) is 0 Å². The molecule has 0 aliphatic carbocycles. The monoisotopic (exact) mass is 123 g/mol. The van der Waals surface area contributed by atoms with Gasteiger partial charge in [-0.25, -0.2) is 0 Å². The average Bonchev–Trinajstić information content (AvgIpc) is 1.88. The Morgan fingerprint density at radius 1 is 1.67 bits per heavy atom. The molecule has 0 radical (unpaired) electrons. The summed E-state index contributed by atoms with van der Waals surface area (Å²) in [4.78, 5) is 0. The summed E-state index contributed by atoms with van der Waals surface area (Å²) in [6.07, 6.45) is 7.58. The molecule has 9 heavy (non-hydrogen) atoms. The first-order valence-electron chi connectivity index (χ1n) is 2.99. The highest BCUT2D eigenvalue weighted by atomic mass is 14.5. The smallest absolute Gasteiger partial charge is 0.0177 e. The van der Waals surface area contributed by atoms with E-state index < -0.39 is 0 Å². The maximum atomic E-state index is 5.38. The van der Waals surface area contributed by atoms with Gasteiger partial charge in [0, 0.05) is 6.54 Å². The van der Waals surface area contributed by atoms with Crippen LogP contribution in [0, 0.1) is 0 Å². The van der Waals surface area contributed by atoms with Crippen LogP contribution >= 0.6 is 0 Å². The van der Waals surface area contributed by atoms with Crippen LogP contribution in [0.3, 0.4) is 0 Å². The lowest BCUT2D eigenvalue weighted by atomic mass is 10.2. The fraction of sp³-hybridized carbons (Fsp3) is 0.250. The van der Waals surface area contributed by atoms with Crippen LogP contribution in [-0.2, 0) is 0 Å². The molecular weight excluding hydrogens is 110 g/mol. The number of rotatable bonds is 3. The molecule has 0 saturated carbocycles. The third kappa shape index (κ3) is 3.74. The third-order valence-electron chi connectivity index (χ3n) is 0.948. The second-order valence-corrected chi connectivity index (χ2v) is 1.68. The molecule has 2 N–H and O–H groups in total. The largest absolute Gasteiger partial charge is 0.326 e. The van der Waals surface area contributed by atoms with Crippen LogP contribution in [-0.4, -0.2) is 6.54 Å². The first-order chi connectivity index (χ1) is 4.35. The summed E-state index contributed by atoms with van der Waals surface area (Å²) in [7, 11) is 0.